The minimum Gasteiger partial charge on any atom is -0.496 e. The van der Waals surface area contributed by atoms with Gasteiger partial charge in [0.15, 0.2) is 5.78 Å². The van der Waals surface area contributed by atoms with Crippen molar-refractivity contribution in [2.45, 2.75) is 12.5 Å². The van der Waals surface area contributed by atoms with Crippen molar-refractivity contribution in [2.24, 2.45) is 0 Å². The lowest BCUT2D eigenvalue weighted by molar-refractivity contribution is 0.0937. The number of alkyl halides is 1. The van der Waals surface area contributed by atoms with Gasteiger partial charge in [-0.1, -0.05) is 24.8 Å². The molecule has 0 saturated carbocycles. The van der Waals surface area contributed by atoms with E-state index in [0.29, 0.717) is 11.3 Å². The van der Waals surface area contributed by atoms with Gasteiger partial charge in [-0.2, -0.15) is 0 Å². The Balaban J connectivity index is 3.02. The fourth-order valence-corrected chi connectivity index (χ4v) is 1.75. The zero-order valence-corrected chi connectivity index (χ0v) is 10.7. The van der Waals surface area contributed by atoms with Crippen molar-refractivity contribution < 1.29 is 13.9 Å². The van der Waals surface area contributed by atoms with E-state index in [-0.39, 0.29) is 12.2 Å². The first-order valence-corrected chi connectivity index (χ1v) is 5.75. The van der Waals surface area contributed by atoms with Gasteiger partial charge in [0.2, 0.25) is 0 Å². The van der Waals surface area contributed by atoms with E-state index in [4.69, 9.17) is 4.74 Å². The van der Waals surface area contributed by atoms with E-state index in [1.54, 1.807) is 31.3 Å². The summed E-state index contributed by atoms with van der Waals surface area (Å²) in [4.78, 5) is 12.1. The van der Waals surface area contributed by atoms with E-state index < -0.39 is 12.7 Å². The Morgan fingerprint density at radius 3 is 2.83 bits per heavy atom. The number of likely N-dealkylation sites (N-methyl/N-ethyl adjacent to an activating group) is 1. The summed E-state index contributed by atoms with van der Waals surface area (Å²) in [6.07, 6.45) is 1.82. The standard InChI is InChI=1S/C14H18FNO2/c1-4-10-5-6-11(9-13(10)18-3)14(17)12(16-2)7-8-15/h4-6,9,12,16H,1,7-8H2,2-3H3. The van der Waals surface area contributed by atoms with Crippen LogP contribution in [0.1, 0.15) is 22.3 Å². The molecule has 0 aromatic heterocycles. The summed E-state index contributed by atoms with van der Waals surface area (Å²) in [6, 6.07) is 4.61. The molecule has 1 aromatic carbocycles. The number of carbonyl (C=O) groups excluding carboxylic acids is 1. The molecule has 0 aliphatic heterocycles. The van der Waals surface area contributed by atoms with Crippen LogP contribution in [0.4, 0.5) is 4.39 Å². The lowest BCUT2D eigenvalue weighted by Crippen LogP contribution is -2.34. The Bertz CT molecular complexity index is 432. The quantitative estimate of drug-likeness (QED) is 0.756. The predicted octanol–water partition coefficient (Wildman–Crippen LogP) is 2.47. The molecule has 0 aliphatic rings. The normalized spacial score (nSPS) is 11.9. The van der Waals surface area contributed by atoms with Gasteiger partial charge in [-0.25, -0.2) is 0 Å². The van der Waals surface area contributed by atoms with Gasteiger partial charge >= 0.3 is 0 Å². The molecule has 0 heterocycles. The number of ether oxygens (including phenoxy) is 1. The second kappa shape index (κ2) is 6.91. The summed E-state index contributed by atoms with van der Waals surface area (Å²) in [5.41, 5.74) is 1.32. The van der Waals surface area contributed by atoms with Crippen LogP contribution in [-0.2, 0) is 0 Å². The van der Waals surface area contributed by atoms with E-state index in [1.165, 1.54) is 7.11 Å². The van der Waals surface area contributed by atoms with Crippen molar-refractivity contribution in [1.29, 1.82) is 0 Å². The van der Waals surface area contributed by atoms with Crippen LogP contribution in [0.2, 0.25) is 0 Å². The Labute approximate surface area is 107 Å². The molecular formula is C14H18FNO2. The molecule has 1 unspecified atom stereocenters. The van der Waals surface area contributed by atoms with Crippen molar-refractivity contribution in [3.63, 3.8) is 0 Å². The number of benzene rings is 1. The van der Waals surface area contributed by atoms with Gasteiger partial charge in [0, 0.05) is 11.1 Å². The summed E-state index contributed by atoms with van der Waals surface area (Å²) < 4.78 is 17.5. The number of hydrogen-bond acceptors (Lipinski definition) is 3. The van der Waals surface area contributed by atoms with Crippen molar-refractivity contribution in [1.82, 2.24) is 5.32 Å². The summed E-state index contributed by atoms with van der Waals surface area (Å²) >= 11 is 0. The van der Waals surface area contributed by atoms with Crippen molar-refractivity contribution >= 4 is 11.9 Å². The van der Waals surface area contributed by atoms with Gasteiger partial charge in [0.25, 0.3) is 0 Å². The number of ketones is 1. The second-order valence-corrected chi connectivity index (χ2v) is 3.84. The average Bonchev–Trinajstić information content (AvgIpc) is 2.43. The molecule has 0 amide bonds. The summed E-state index contributed by atoms with van der Waals surface area (Å²) in [7, 11) is 3.18. The molecule has 0 saturated heterocycles. The second-order valence-electron chi connectivity index (χ2n) is 3.84. The smallest absolute Gasteiger partial charge is 0.179 e. The number of halogens is 1. The van der Waals surface area contributed by atoms with Crippen molar-refractivity contribution in [3.05, 3.63) is 35.9 Å². The van der Waals surface area contributed by atoms with Gasteiger partial charge in [-0.15, -0.1) is 0 Å². The Morgan fingerprint density at radius 2 is 2.33 bits per heavy atom. The number of Topliss-reactive ketones (excluding diaryl/α,β-unsaturated/α-hetero) is 1. The Kier molecular flexibility index (Phi) is 5.52. The lowest BCUT2D eigenvalue weighted by atomic mass is 10.00. The van der Waals surface area contributed by atoms with Gasteiger partial charge < -0.3 is 10.1 Å². The van der Waals surface area contributed by atoms with E-state index in [2.05, 4.69) is 11.9 Å². The van der Waals surface area contributed by atoms with Crippen LogP contribution in [0.3, 0.4) is 0 Å². The van der Waals surface area contributed by atoms with Crippen LogP contribution < -0.4 is 10.1 Å². The molecule has 0 aliphatic carbocycles. The molecule has 1 N–H and O–H groups in total. The third-order valence-corrected chi connectivity index (χ3v) is 2.80. The first-order valence-electron chi connectivity index (χ1n) is 5.75. The molecule has 4 heteroatoms. The molecule has 0 bridgehead atoms. The average molecular weight is 251 g/mol. The van der Waals surface area contributed by atoms with E-state index in [1.807, 2.05) is 0 Å². The van der Waals surface area contributed by atoms with Crippen molar-refractivity contribution in [2.75, 3.05) is 20.8 Å². The third kappa shape index (κ3) is 3.17. The topological polar surface area (TPSA) is 38.3 Å². The molecule has 0 radical (unpaired) electrons. The molecule has 98 valence electrons. The third-order valence-electron chi connectivity index (χ3n) is 2.80. The SMILES string of the molecule is C=Cc1ccc(C(=O)C(CCF)NC)cc1OC. The van der Waals surface area contributed by atoms with Gasteiger partial charge in [-0.05, 0) is 19.5 Å². The molecule has 3 nitrogen and oxygen atoms in total. The van der Waals surface area contributed by atoms with E-state index in [9.17, 15) is 9.18 Å². The maximum Gasteiger partial charge on any atom is 0.179 e. The number of carbonyl (C=O) groups is 1. The highest BCUT2D eigenvalue weighted by Crippen LogP contribution is 2.22. The summed E-state index contributed by atoms with van der Waals surface area (Å²) in [6.45, 7) is 3.14. The fraction of sp³-hybridized carbons (Fsp3) is 0.357. The highest BCUT2D eigenvalue weighted by molar-refractivity contribution is 6.00. The Hall–Kier alpha value is -1.68. The van der Waals surface area contributed by atoms with Crippen LogP contribution >= 0.6 is 0 Å². The first kappa shape index (κ1) is 14.4. The monoisotopic (exact) mass is 251 g/mol. The van der Waals surface area contributed by atoms with E-state index >= 15 is 0 Å². The minimum atomic E-state index is -0.529. The highest BCUT2D eigenvalue weighted by atomic mass is 19.1. The zero-order valence-electron chi connectivity index (χ0n) is 10.7. The predicted molar refractivity (Wildman–Crippen MR) is 70.9 cm³/mol. The number of hydrogen-bond donors (Lipinski definition) is 1. The van der Waals surface area contributed by atoms with Gasteiger partial charge in [-0.3, -0.25) is 9.18 Å². The fourth-order valence-electron chi connectivity index (χ4n) is 1.75. The minimum absolute atomic E-state index is 0.135. The van der Waals surface area contributed by atoms with Crippen LogP contribution in [0.15, 0.2) is 24.8 Å². The maximum absolute atomic E-state index is 12.3. The largest absolute Gasteiger partial charge is 0.496 e. The van der Waals surface area contributed by atoms with E-state index in [0.717, 1.165) is 5.56 Å². The molecule has 1 aromatic rings. The molecule has 18 heavy (non-hydrogen) atoms. The number of rotatable bonds is 7. The van der Waals surface area contributed by atoms with Crippen LogP contribution in [0, 0.1) is 0 Å². The molecule has 0 fully saturated rings. The molecule has 1 atom stereocenters. The number of nitrogens with one attached hydrogen (secondary N) is 1. The van der Waals surface area contributed by atoms with Crippen LogP contribution in [-0.4, -0.2) is 32.7 Å². The van der Waals surface area contributed by atoms with Gasteiger partial charge in [0.05, 0.1) is 19.8 Å². The first-order chi connectivity index (χ1) is 8.67. The highest BCUT2D eigenvalue weighted by Gasteiger charge is 2.18. The maximum atomic E-state index is 12.3. The zero-order chi connectivity index (χ0) is 13.5. The molecule has 1 rings (SSSR count). The molecule has 0 spiro atoms. The van der Waals surface area contributed by atoms with Gasteiger partial charge in [0.1, 0.15) is 5.75 Å². The lowest BCUT2D eigenvalue weighted by Gasteiger charge is -2.14. The molecular weight excluding hydrogens is 233 g/mol. The summed E-state index contributed by atoms with van der Waals surface area (Å²) in [5.74, 6) is 0.454. The van der Waals surface area contributed by atoms with Crippen molar-refractivity contribution in [3.8, 4) is 5.75 Å². The van der Waals surface area contributed by atoms with Crippen LogP contribution in [0.25, 0.3) is 6.08 Å². The van der Waals surface area contributed by atoms with Crippen LogP contribution in [0.5, 0.6) is 5.75 Å². The Morgan fingerprint density at radius 1 is 1.61 bits per heavy atom. The summed E-state index contributed by atoms with van der Waals surface area (Å²) in [5, 5.41) is 2.82. The number of methoxy groups -OCH3 is 1.